The van der Waals surface area contributed by atoms with Crippen molar-refractivity contribution in [1.29, 1.82) is 0 Å². The Balaban J connectivity index is 2.06. The fourth-order valence-corrected chi connectivity index (χ4v) is 2.14. The standard InChI is InChI=1S/C12H12ClNO2S/c1-8(15)9-2-3-12(11(13)4-9)16-5-10-6-17-7-14-10/h2-4,6-8,15H,5H2,1H3. The first-order chi connectivity index (χ1) is 8.16. The van der Waals surface area contributed by atoms with Crippen molar-refractivity contribution in [2.75, 3.05) is 0 Å². The third-order valence-corrected chi connectivity index (χ3v) is 3.23. The van der Waals surface area contributed by atoms with Gasteiger partial charge in [-0.3, -0.25) is 0 Å². The molecule has 1 aromatic carbocycles. The zero-order chi connectivity index (χ0) is 12.3. The lowest BCUT2D eigenvalue weighted by Crippen LogP contribution is -1.97. The van der Waals surface area contributed by atoms with Crippen LogP contribution in [-0.2, 0) is 6.61 Å². The predicted octanol–water partition coefficient (Wildman–Crippen LogP) is 3.43. The van der Waals surface area contributed by atoms with E-state index in [1.165, 1.54) is 11.3 Å². The van der Waals surface area contributed by atoms with Gasteiger partial charge >= 0.3 is 0 Å². The van der Waals surface area contributed by atoms with Crippen LogP contribution >= 0.6 is 22.9 Å². The van der Waals surface area contributed by atoms with E-state index in [-0.39, 0.29) is 0 Å². The number of thiazole rings is 1. The fraction of sp³-hybridized carbons (Fsp3) is 0.250. The van der Waals surface area contributed by atoms with Gasteiger partial charge in [0, 0.05) is 5.38 Å². The van der Waals surface area contributed by atoms with Crippen LogP contribution in [0.3, 0.4) is 0 Å². The summed E-state index contributed by atoms with van der Waals surface area (Å²) in [5.41, 5.74) is 3.42. The second-order valence-corrected chi connectivity index (χ2v) is 4.76. The summed E-state index contributed by atoms with van der Waals surface area (Å²) in [6.07, 6.45) is -0.528. The van der Waals surface area contributed by atoms with Crippen molar-refractivity contribution >= 4 is 22.9 Å². The number of aliphatic hydroxyl groups is 1. The van der Waals surface area contributed by atoms with E-state index in [0.29, 0.717) is 17.4 Å². The number of hydrogen-bond donors (Lipinski definition) is 1. The smallest absolute Gasteiger partial charge is 0.138 e. The molecule has 0 radical (unpaired) electrons. The molecule has 0 fully saturated rings. The molecular formula is C12H12ClNO2S. The van der Waals surface area contributed by atoms with E-state index in [1.54, 1.807) is 30.6 Å². The number of ether oxygens (including phenoxy) is 1. The highest BCUT2D eigenvalue weighted by Gasteiger charge is 2.07. The molecule has 1 N–H and O–H groups in total. The highest BCUT2D eigenvalue weighted by atomic mass is 35.5. The largest absolute Gasteiger partial charge is 0.486 e. The summed E-state index contributed by atoms with van der Waals surface area (Å²) in [6.45, 7) is 2.10. The van der Waals surface area contributed by atoms with Crippen molar-refractivity contribution in [3.63, 3.8) is 0 Å². The highest BCUT2D eigenvalue weighted by molar-refractivity contribution is 7.07. The molecule has 0 bridgehead atoms. The van der Waals surface area contributed by atoms with Gasteiger partial charge in [0.15, 0.2) is 0 Å². The van der Waals surface area contributed by atoms with Crippen LogP contribution in [0.5, 0.6) is 5.75 Å². The van der Waals surface area contributed by atoms with Crippen LogP contribution in [0.1, 0.15) is 24.3 Å². The van der Waals surface area contributed by atoms with E-state index >= 15 is 0 Å². The summed E-state index contributed by atoms with van der Waals surface area (Å²) in [7, 11) is 0. The molecule has 0 aliphatic carbocycles. The van der Waals surface area contributed by atoms with Gasteiger partial charge in [0.25, 0.3) is 0 Å². The van der Waals surface area contributed by atoms with Crippen LogP contribution in [0, 0.1) is 0 Å². The Morgan fingerprint density at radius 3 is 2.94 bits per heavy atom. The lowest BCUT2D eigenvalue weighted by molar-refractivity contribution is 0.199. The van der Waals surface area contributed by atoms with Crippen molar-refractivity contribution in [3.8, 4) is 5.75 Å². The van der Waals surface area contributed by atoms with Gasteiger partial charge < -0.3 is 9.84 Å². The summed E-state index contributed by atoms with van der Waals surface area (Å²) in [5.74, 6) is 0.601. The molecule has 0 aliphatic rings. The molecule has 5 heteroatoms. The number of aromatic nitrogens is 1. The van der Waals surface area contributed by atoms with Crippen LogP contribution in [0.15, 0.2) is 29.1 Å². The van der Waals surface area contributed by atoms with Crippen LogP contribution < -0.4 is 4.74 Å². The van der Waals surface area contributed by atoms with Crippen molar-refractivity contribution in [3.05, 3.63) is 45.4 Å². The van der Waals surface area contributed by atoms with E-state index in [2.05, 4.69) is 4.98 Å². The summed E-state index contributed by atoms with van der Waals surface area (Å²) < 4.78 is 5.55. The van der Waals surface area contributed by atoms with Gasteiger partial charge in [-0.25, -0.2) is 4.98 Å². The van der Waals surface area contributed by atoms with Gasteiger partial charge in [0.05, 0.1) is 22.3 Å². The van der Waals surface area contributed by atoms with Gasteiger partial charge in [0.1, 0.15) is 12.4 Å². The Labute approximate surface area is 109 Å². The normalized spacial score (nSPS) is 12.4. The fourth-order valence-electron chi connectivity index (χ4n) is 1.35. The summed E-state index contributed by atoms with van der Waals surface area (Å²) in [5, 5.41) is 11.8. The van der Waals surface area contributed by atoms with Gasteiger partial charge in [-0.05, 0) is 24.6 Å². The maximum Gasteiger partial charge on any atom is 0.138 e. The second kappa shape index (κ2) is 5.49. The number of hydrogen-bond acceptors (Lipinski definition) is 4. The molecule has 90 valence electrons. The number of rotatable bonds is 4. The Hall–Kier alpha value is -1.10. The molecule has 2 aromatic rings. The summed E-state index contributed by atoms with van der Waals surface area (Å²) >= 11 is 7.59. The maximum absolute atomic E-state index is 9.41. The quantitative estimate of drug-likeness (QED) is 0.925. The van der Waals surface area contributed by atoms with E-state index in [0.717, 1.165) is 11.3 Å². The molecule has 1 unspecified atom stereocenters. The lowest BCUT2D eigenvalue weighted by atomic mass is 10.1. The minimum Gasteiger partial charge on any atom is -0.486 e. The minimum absolute atomic E-state index is 0.400. The maximum atomic E-state index is 9.41. The van der Waals surface area contributed by atoms with Gasteiger partial charge in [-0.1, -0.05) is 17.7 Å². The van der Waals surface area contributed by atoms with Crippen LogP contribution in [-0.4, -0.2) is 10.1 Å². The molecule has 0 amide bonds. The molecule has 0 aliphatic heterocycles. The van der Waals surface area contributed by atoms with Gasteiger partial charge in [0.2, 0.25) is 0 Å². The van der Waals surface area contributed by atoms with Crippen molar-refractivity contribution in [2.45, 2.75) is 19.6 Å². The number of aliphatic hydroxyl groups excluding tert-OH is 1. The topological polar surface area (TPSA) is 42.4 Å². The number of benzene rings is 1. The monoisotopic (exact) mass is 269 g/mol. The first kappa shape index (κ1) is 12.4. The Bertz CT molecular complexity index is 485. The Morgan fingerprint density at radius 2 is 2.35 bits per heavy atom. The molecule has 1 atom stereocenters. The number of nitrogens with zero attached hydrogens (tertiary/aromatic N) is 1. The molecular weight excluding hydrogens is 258 g/mol. The molecule has 0 saturated heterocycles. The van der Waals surface area contributed by atoms with Gasteiger partial charge in [-0.15, -0.1) is 11.3 Å². The molecule has 0 spiro atoms. The van der Waals surface area contributed by atoms with E-state index in [9.17, 15) is 5.11 Å². The first-order valence-corrected chi connectivity index (χ1v) is 6.46. The second-order valence-electron chi connectivity index (χ2n) is 3.63. The zero-order valence-corrected chi connectivity index (χ0v) is 10.8. The highest BCUT2D eigenvalue weighted by Crippen LogP contribution is 2.28. The summed E-state index contributed by atoms with van der Waals surface area (Å²) in [4.78, 5) is 4.12. The van der Waals surface area contributed by atoms with Crippen molar-refractivity contribution < 1.29 is 9.84 Å². The van der Waals surface area contributed by atoms with E-state index in [1.807, 2.05) is 5.38 Å². The molecule has 1 aromatic heterocycles. The van der Waals surface area contributed by atoms with E-state index in [4.69, 9.17) is 16.3 Å². The lowest BCUT2D eigenvalue weighted by Gasteiger charge is -2.09. The van der Waals surface area contributed by atoms with Crippen molar-refractivity contribution in [2.24, 2.45) is 0 Å². The third kappa shape index (κ3) is 3.19. The van der Waals surface area contributed by atoms with E-state index < -0.39 is 6.10 Å². The van der Waals surface area contributed by atoms with Crippen LogP contribution in [0.2, 0.25) is 5.02 Å². The van der Waals surface area contributed by atoms with Crippen LogP contribution in [0.4, 0.5) is 0 Å². The molecule has 17 heavy (non-hydrogen) atoms. The number of halogens is 1. The Kier molecular flexibility index (Phi) is 3.99. The molecule has 1 heterocycles. The predicted molar refractivity (Wildman–Crippen MR) is 68.5 cm³/mol. The average Bonchev–Trinajstić information content (AvgIpc) is 2.80. The average molecular weight is 270 g/mol. The Morgan fingerprint density at radius 1 is 1.53 bits per heavy atom. The molecule has 0 saturated carbocycles. The third-order valence-electron chi connectivity index (χ3n) is 2.30. The van der Waals surface area contributed by atoms with Crippen LogP contribution in [0.25, 0.3) is 0 Å². The first-order valence-electron chi connectivity index (χ1n) is 5.14. The molecule has 3 nitrogen and oxygen atoms in total. The minimum atomic E-state index is -0.528. The molecule has 2 rings (SSSR count). The zero-order valence-electron chi connectivity index (χ0n) is 9.26. The SMILES string of the molecule is CC(O)c1ccc(OCc2cscn2)c(Cl)c1. The summed E-state index contributed by atoms with van der Waals surface area (Å²) in [6, 6.07) is 5.27. The van der Waals surface area contributed by atoms with Gasteiger partial charge in [-0.2, -0.15) is 0 Å². The van der Waals surface area contributed by atoms with Crippen molar-refractivity contribution in [1.82, 2.24) is 4.98 Å².